The van der Waals surface area contributed by atoms with Gasteiger partial charge in [-0.1, -0.05) is 74.2 Å². The Morgan fingerprint density at radius 1 is 0.433 bits per heavy atom. The number of nitrogens with zero attached hydrogens (tertiary/aromatic N) is 3. The fraction of sp³-hybridized carbons (Fsp3) is 0.333. The predicted molar refractivity (Wildman–Crippen MR) is 387 cm³/mol. The Hall–Kier alpha value is -10.3. The molecule has 8 aromatic carbocycles. The van der Waals surface area contributed by atoms with Crippen LogP contribution < -0.4 is 45.0 Å². The van der Waals surface area contributed by atoms with Gasteiger partial charge >= 0.3 is 18.5 Å². The highest BCUT2D eigenvalue weighted by atomic mass is 19.4. The van der Waals surface area contributed by atoms with Gasteiger partial charge in [0.25, 0.3) is 23.6 Å². The third-order valence-corrected chi connectivity index (χ3v) is 15.4. The first kappa shape index (κ1) is 84.3. The van der Waals surface area contributed by atoms with Gasteiger partial charge in [0.15, 0.2) is 0 Å². The number of alkyl halides is 9. The zero-order chi connectivity index (χ0) is 75.6. The van der Waals surface area contributed by atoms with E-state index in [0.29, 0.717) is 60.5 Å². The summed E-state index contributed by atoms with van der Waals surface area (Å²) in [6.07, 6.45) is -9.55. The SMILES string of the molecule is C.CCOc1cccc(O)c1C(=O)Nc1ccc(C)c(C(F)(F)F)c1.CN(C)CCOc1ccccc1C(=O)Nc1ccccc1.Cc1ccc(NC(=O)c2c(OCCN(C)C)cccc2OC2CCCC2)cc1C(F)(F)F.Cc1ccc(NC(=O)c2cccc(OCCN(C)C)c2)cc1C(F)(F)F. The van der Waals surface area contributed by atoms with E-state index in [9.17, 15) is 63.8 Å². The predicted octanol–water partition coefficient (Wildman–Crippen LogP) is 17.6. The van der Waals surface area contributed by atoms with Crippen molar-refractivity contribution >= 4 is 46.4 Å². The molecule has 4 amide bonds. The Labute approximate surface area is 601 Å². The van der Waals surface area contributed by atoms with Gasteiger partial charge in [-0.15, -0.1) is 0 Å². The topological polar surface area (TPSA) is 192 Å². The number of aromatic hydroxyl groups is 1. The third-order valence-electron chi connectivity index (χ3n) is 15.4. The van der Waals surface area contributed by atoms with E-state index in [2.05, 4.69) is 21.3 Å². The van der Waals surface area contributed by atoms with E-state index >= 15 is 0 Å². The number of phenolic OH excluding ortho intramolecular Hbond substituents is 1. The summed E-state index contributed by atoms with van der Waals surface area (Å²) in [4.78, 5) is 56.2. The number of hydrogen-bond acceptors (Lipinski definition) is 13. The van der Waals surface area contributed by atoms with Crippen LogP contribution in [0.5, 0.6) is 34.5 Å². The van der Waals surface area contributed by atoms with Crippen LogP contribution in [0.15, 0.2) is 170 Å². The van der Waals surface area contributed by atoms with E-state index in [4.69, 9.17) is 23.7 Å². The van der Waals surface area contributed by atoms with Crippen molar-refractivity contribution < 1.29 is 87.5 Å². The minimum Gasteiger partial charge on any atom is -0.507 e. The van der Waals surface area contributed by atoms with Gasteiger partial charge in [0.1, 0.15) is 65.4 Å². The van der Waals surface area contributed by atoms with Crippen LogP contribution in [0.1, 0.15) is 115 Å². The second-order valence-electron chi connectivity index (χ2n) is 24.5. The number of phenols is 1. The van der Waals surface area contributed by atoms with Crippen LogP contribution >= 0.6 is 0 Å². The molecule has 0 aromatic heterocycles. The van der Waals surface area contributed by atoms with Crippen LogP contribution in [0.2, 0.25) is 0 Å². The van der Waals surface area contributed by atoms with Gasteiger partial charge in [-0.3, -0.25) is 19.2 Å². The molecular weight excluding hydrogens is 1370 g/mol. The third kappa shape index (κ3) is 26.8. The van der Waals surface area contributed by atoms with Crippen LogP contribution in [0.25, 0.3) is 0 Å². The highest BCUT2D eigenvalue weighted by Gasteiger charge is 2.35. The monoisotopic (exact) mass is 1460 g/mol. The molecule has 0 bridgehead atoms. The molecule has 26 heteroatoms. The zero-order valence-electron chi connectivity index (χ0n) is 58.9. The normalized spacial score (nSPS) is 12.1. The van der Waals surface area contributed by atoms with E-state index in [-0.39, 0.29) is 82.4 Å². The number of amides is 4. The summed E-state index contributed by atoms with van der Waals surface area (Å²) < 4.78 is 146. The molecule has 0 atom stereocenters. The summed E-state index contributed by atoms with van der Waals surface area (Å²) in [7, 11) is 11.6. The molecule has 1 fully saturated rings. The number of benzene rings is 8. The molecule has 5 N–H and O–H groups in total. The molecule has 0 heterocycles. The van der Waals surface area contributed by atoms with Gasteiger partial charge in [0, 0.05) is 47.9 Å². The molecular formula is C78H90F9N7O10. The molecule has 1 saturated carbocycles. The van der Waals surface area contributed by atoms with E-state index in [1.165, 1.54) is 75.4 Å². The lowest BCUT2D eigenvalue weighted by Gasteiger charge is -2.20. The standard InChI is InChI=1S/C24H29F3N2O3.C19H21F3N2O2.C17H16F3NO3.C17H20N2O2.CH4/c1-16-11-12-17(15-19(16)24(25,26)27)28-23(30)22-20(31-14-13-29(2)3)9-6-10-21(22)32-18-7-4-5-8-18;1-13-7-8-15(12-17(13)19(20,21)22)23-18(25)14-5-4-6-16(11-14)26-10-9-24(2)3;1-3-24-14-6-4-5-13(22)15(14)16(23)21-11-8-7-10(2)12(9-11)17(18,19)20;1-19(2)12-13-21-16-11-7-6-10-15(16)17(20)18-14-8-4-3-5-9-14;/h6,9-12,15,18H,4-5,7-8,13-14H2,1-3H3,(H,28,30);4-8,11-12H,9-10H2,1-3H3,(H,23,25);4-9,22H,3H2,1-2H3,(H,21,23);3-11H,12-13H2,1-2H3,(H,18,20);1H4. The maximum atomic E-state index is 13.3. The van der Waals surface area contributed by atoms with Crippen LogP contribution in [-0.2, 0) is 18.5 Å². The Kier molecular flexibility index (Phi) is 32.4. The number of aryl methyl sites for hydroxylation is 3. The molecule has 560 valence electrons. The second-order valence-corrected chi connectivity index (χ2v) is 24.5. The molecule has 0 spiro atoms. The summed E-state index contributed by atoms with van der Waals surface area (Å²) >= 11 is 0. The Morgan fingerprint density at radius 2 is 0.837 bits per heavy atom. The molecule has 1 aliphatic carbocycles. The lowest BCUT2D eigenvalue weighted by molar-refractivity contribution is -0.138. The lowest BCUT2D eigenvalue weighted by atomic mass is 10.1. The molecule has 9 rings (SSSR count). The maximum Gasteiger partial charge on any atom is 0.416 e. The van der Waals surface area contributed by atoms with E-state index in [0.717, 1.165) is 62.7 Å². The first-order chi connectivity index (χ1) is 48.7. The van der Waals surface area contributed by atoms with Crippen LogP contribution in [0.4, 0.5) is 62.3 Å². The number of carbonyl (C=O) groups is 4. The van der Waals surface area contributed by atoms with E-state index in [1.807, 2.05) is 106 Å². The zero-order valence-corrected chi connectivity index (χ0v) is 58.9. The number of hydrogen-bond donors (Lipinski definition) is 5. The molecule has 0 aliphatic heterocycles. The summed E-state index contributed by atoms with van der Waals surface area (Å²) in [5, 5.41) is 20.2. The van der Waals surface area contributed by atoms with Crippen molar-refractivity contribution in [3.63, 3.8) is 0 Å². The van der Waals surface area contributed by atoms with Gasteiger partial charge in [-0.25, -0.2) is 0 Å². The van der Waals surface area contributed by atoms with Gasteiger partial charge in [-0.2, -0.15) is 39.5 Å². The quantitative estimate of drug-likeness (QED) is 0.0359. The molecule has 0 unspecified atom stereocenters. The Morgan fingerprint density at radius 3 is 1.33 bits per heavy atom. The van der Waals surface area contributed by atoms with Gasteiger partial charge in [-0.05, 0) is 215 Å². The molecule has 104 heavy (non-hydrogen) atoms. The van der Waals surface area contributed by atoms with Gasteiger partial charge in [0.05, 0.1) is 35.0 Å². The Bertz CT molecular complexity index is 4090. The molecule has 0 radical (unpaired) electrons. The summed E-state index contributed by atoms with van der Waals surface area (Å²) in [6.45, 7) is 9.60. The number of carbonyl (C=O) groups excluding carboxylic acids is 4. The first-order valence-electron chi connectivity index (χ1n) is 32.8. The summed E-state index contributed by atoms with van der Waals surface area (Å²) in [5.74, 6) is -0.319. The van der Waals surface area contributed by atoms with Crippen molar-refractivity contribution in [1.29, 1.82) is 0 Å². The molecule has 8 aromatic rings. The van der Waals surface area contributed by atoms with Crippen molar-refractivity contribution in [2.75, 3.05) is 110 Å². The lowest BCUT2D eigenvalue weighted by Crippen LogP contribution is -2.22. The molecule has 1 aliphatic rings. The largest absolute Gasteiger partial charge is 0.507 e. The van der Waals surface area contributed by atoms with Gasteiger partial charge in [0.2, 0.25) is 0 Å². The maximum absolute atomic E-state index is 13.3. The average molecular weight is 1460 g/mol. The fourth-order valence-electron chi connectivity index (χ4n) is 10.0. The number of halogens is 9. The minimum absolute atomic E-state index is 0. The highest BCUT2D eigenvalue weighted by molar-refractivity contribution is 6.09. The number of likely N-dealkylation sites (N-methyl/N-ethyl adjacent to an activating group) is 3. The number of ether oxygens (including phenoxy) is 5. The molecule has 0 saturated heterocycles. The van der Waals surface area contributed by atoms with E-state index < -0.39 is 52.9 Å². The number of anilines is 4. The highest BCUT2D eigenvalue weighted by Crippen LogP contribution is 2.39. The van der Waals surface area contributed by atoms with Crippen molar-refractivity contribution in [1.82, 2.24) is 14.7 Å². The van der Waals surface area contributed by atoms with Crippen LogP contribution in [0, 0.1) is 20.8 Å². The average Bonchev–Trinajstić information content (AvgIpc) is 1.70. The van der Waals surface area contributed by atoms with Crippen molar-refractivity contribution in [3.8, 4) is 34.5 Å². The fourth-order valence-corrected chi connectivity index (χ4v) is 10.0. The molecule has 17 nitrogen and oxygen atoms in total. The first-order valence-corrected chi connectivity index (χ1v) is 32.8. The van der Waals surface area contributed by atoms with Crippen molar-refractivity contribution in [2.45, 2.75) is 85.4 Å². The van der Waals surface area contributed by atoms with Crippen molar-refractivity contribution in [2.24, 2.45) is 0 Å². The summed E-state index contributed by atoms with van der Waals surface area (Å²) in [5.41, 5.74) is -0.337. The Balaban J connectivity index is 0.000000251. The van der Waals surface area contributed by atoms with E-state index in [1.54, 1.807) is 55.5 Å². The smallest absolute Gasteiger partial charge is 0.416 e. The number of para-hydroxylation sites is 2. The van der Waals surface area contributed by atoms with Crippen LogP contribution in [0.3, 0.4) is 0 Å². The second kappa shape index (κ2) is 39.9. The summed E-state index contributed by atoms with van der Waals surface area (Å²) in [6, 6.07) is 43.5. The number of rotatable bonds is 24. The number of nitrogens with one attached hydrogen (secondary N) is 4. The van der Waals surface area contributed by atoms with Gasteiger partial charge < -0.3 is 64.8 Å². The minimum atomic E-state index is -4.52. The van der Waals surface area contributed by atoms with Crippen LogP contribution in [-0.4, -0.2) is 138 Å². The van der Waals surface area contributed by atoms with Crippen molar-refractivity contribution in [3.05, 3.63) is 225 Å².